The van der Waals surface area contributed by atoms with Gasteiger partial charge in [-0.2, -0.15) is 17.3 Å². The molecule has 6 rings (SSSR count). The third-order valence-electron chi connectivity index (χ3n) is 10.9. The second kappa shape index (κ2) is 22.5. The molecule has 0 radical (unpaired) electrons. The topological polar surface area (TPSA) is 382 Å². The highest BCUT2D eigenvalue weighted by atomic mass is 32.2. The second-order valence-corrected chi connectivity index (χ2v) is 20.0. The maximum Gasteiger partial charge on any atom is 0.481 e. The van der Waals surface area contributed by atoms with Crippen LogP contribution in [0.3, 0.4) is 0 Å². The zero-order chi connectivity index (χ0) is 51.1. The van der Waals surface area contributed by atoms with Gasteiger partial charge >= 0.3 is 33.0 Å². The zero-order valence-electron chi connectivity index (χ0n) is 37.8. The van der Waals surface area contributed by atoms with Crippen LogP contribution < -0.4 is 41.6 Å². The summed E-state index contributed by atoms with van der Waals surface area (Å²) >= 11 is 0. The van der Waals surface area contributed by atoms with E-state index in [1.54, 1.807) is 22.8 Å². The number of anilines is 2. The summed E-state index contributed by atoms with van der Waals surface area (Å²) in [4.78, 5) is 87.1. The number of alkyl carbamates (subject to hydrolysis) is 1. The molecule has 1 aliphatic heterocycles. The molecule has 1 fully saturated rings. The number of hydrogen-bond acceptors (Lipinski definition) is 17. The molecule has 30 heteroatoms. The van der Waals surface area contributed by atoms with E-state index < -0.39 is 74.2 Å². The Labute approximate surface area is 398 Å². The van der Waals surface area contributed by atoms with Gasteiger partial charge in [-0.05, 0) is 57.0 Å². The number of unbranched alkanes of at least 4 members (excludes halogenated alkanes) is 2. The monoisotopic (exact) mass is 1040 g/mol. The molecule has 1 unspecified atom stereocenters. The number of nitrogens with zero attached hydrogens (tertiary/aromatic N) is 5. The number of ether oxygens (including phenoxy) is 2. The molecule has 5 heterocycles. The van der Waals surface area contributed by atoms with Crippen molar-refractivity contribution in [2.24, 2.45) is 7.05 Å². The molecule has 0 spiro atoms. The molecule has 2 amide bonds. The third kappa shape index (κ3) is 13.7. The lowest BCUT2D eigenvalue weighted by atomic mass is 10.1. The number of carbonyl (C=O) groups is 2. The molecule has 0 bridgehead atoms. The van der Waals surface area contributed by atoms with Gasteiger partial charge in [0.1, 0.15) is 24.3 Å². The number of benzene rings is 1. The van der Waals surface area contributed by atoms with Gasteiger partial charge in [-0.1, -0.05) is 4.98 Å². The number of H-pyrrole nitrogens is 1. The number of aliphatic hydroxyl groups excluding tert-OH is 1. The van der Waals surface area contributed by atoms with E-state index >= 15 is 0 Å². The largest absolute Gasteiger partial charge is 0.481 e. The van der Waals surface area contributed by atoms with Crippen molar-refractivity contribution < 1.29 is 83.3 Å². The van der Waals surface area contributed by atoms with E-state index in [0.29, 0.717) is 35.9 Å². The molecule has 70 heavy (non-hydrogen) atoms. The number of aromatic nitrogens is 5. The highest BCUT2D eigenvalue weighted by molar-refractivity contribution is 7.85. The van der Waals surface area contributed by atoms with E-state index in [1.165, 1.54) is 40.8 Å². The zero-order valence-corrected chi connectivity index (χ0v) is 40.4. The number of aliphatic hydroxyl groups is 1. The maximum atomic E-state index is 13.0. The minimum Gasteiger partial charge on any atom is -0.437 e. The predicted octanol–water partition coefficient (Wildman–Crippen LogP) is 0.745. The Balaban J connectivity index is 1.01. The van der Waals surface area contributed by atoms with Crippen molar-refractivity contribution in [2.45, 2.75) is 75.5 Å². The Morgan fingerprint density at radius 3 is 2.47 bits per heavy atom. The number of nitrogens with one attached hydrogen (secondary N) is 3. The minimum atomic E-state index is -5.49. The van der Waals surface area contributed by atoms with Crippen LogP contribution in [0.5, 0.6) is 0 Å². The van der Waals surface area contributed by atoms with Crippen LogP contribution in [0.1, 0.15) is 57.0 Å². The van der Waals surface area contributed by atoms with E-state index in [0.717, 1.165) is 18.8 Å². The molecule has 380 valence electrons. The smallest absolute Gasteiger partial charge is 0.437 e. The quantitative estimate of drug-likeness (QED) is 0.0152. The Bertz CT molecular complexity index is 3100. The molecule has 1 saturated heterocycles. The Kier molecular flexibility index (Phi) is 17.1. The van der Waals surface area contributed by atoms with Crippen LogP contribution in [0.4, 0.5) is 16.4 Å². The van der Waals surface area contributed by atoms with E-state index in [2.05, 4.69) is 34.3 Å². The van der Waals surface area contributed by atoms with Gasteiger partial charge < -0.3 is 54.9 Å². The van der Waals surface area contributed by atoms with Gasteiger partial charge in [0.15, 0.2) is 23.5 Å². The lowest BCUT2D eigenvalue weighted by molar-refractivity contribution is -0.745. The summed E-state index contributed by atoms with van der Waals surface area (Å²) in [5.41, 5.74) is 6.56. The number of pyridine rings is 1. The summed E-state index contributed by atoms with van der Waals surface area (Å²) in [6.45, 7) is 4.66. The number of fused-ring (bicyclic) bond motifs is 2. The summed E-state index contributed by atoms with van der Waals surface area (Å²) < 4.78 is 86.3. The number of aryl methyl sites for hydroxylation is 2. The number of carbonyl (C=O) groups excluding carboxylic acids is 2. The average molecular weight is 1040 g/mol. The van der Waals surface area contributed by atoms with Gasteiger partial charge in [-0.15, -0.1) is 0 Å². The van der Waals surface area contributed by atoms with E-state index in [1.807, 2.05) is 32.0 Å². The Morgan fingerprint density at radius 1 is 1.04 bits per heavy atom. The minimum absolute atomic E-state index is 0.0112. The highest BCUT2D eigenvalue weighted by Gasteiger charge is 2.51. The van der Waals surface area contributed by atoms with Crippen molar-refractivity contribution in [3.63, 3.8) is 0 Å². The Morgan fingerprint density at radius 2 is 1.77 bits per heavy atom. The molecular weight excluding hydrogens is 988 g/mol. The molecule has 5 atom stereocenters. The van der Waals surface area contributed by atoms with E-state index in [4.69, 9.17) is 29.4 Å². The fourth-order valence-electron chi connectivity index (χ4n) is 7.58. The fourth-order valence-corrected chi connectivity index (χ4v) is 9.68. The summed E-state index contributed by atoms with van der Waals surface area (Å²) in [6.07, 6.45) is -0.420. The standard InChI is InChI=1S/C40H51N9O18P2S/c1-4-47(5-2)27-13-10-24-19-25(38(53)65-29(24)20-27)11-12-26-14-15-28(70(60,61)62)21-48(26)18-8-6-7-9-31(50)42-16-17-43-40(54)66-34-33(51)30(22-63-69(58,59)67-68(55,56)57)64-37(34)49-23-46(3)32-35(49)44-39(41)45-36(32)52/h10-15,19-21,23,30,33-34,37,51H,4-9,16-18,22H2,1-3H3,(H7-2,41,42,43,44,45,50,52,54,55,56,57,58,59,60,61,62)/p+2/t30-,33-,34-,37-/m1/s1. The number of phosphoric ester groups is 1. The fraction of sp³-hybridized carbons (Fsp3) is 0.425. The van der Waals surface area contributed by atoms with Crippen molar-refractivity contribution in [1.29, 1.82) is 0 Å². The van der Waals surface area contributed by atoms with Crippen molar-refractivity contribution in [1.82, 2.24) is 25.2 Å². The van der Waals surface area contributed by atoms with E-state index in [-0.39, 0.29) is 59.5 Å². The van der Waals surface area contributed by atoms with Gasteiger partial charge in [0, 0.05) is 68.3 Å². The van der Waals surface area contributed by atoms with Crippen molar-refractivity contribution in [3.8, 4) is 0 Å². The predicted molar refractivity (Wildman–Crippen MR) is 246 cm³/mol. The van der Waals surface area contributed by atoms with Crippen LogP contribution in [0.15, 0.2) is 67.8 Å². The number of hydrogen-bond donors (Lipinski definition) is 9. The molecule has 27 nitrogen and oxygen atoms in total. The molecule has 0 aliphatic carbocycles. The molecule has 5 aromatic rings. The van der Waals surface area contributed by atoms with Crippen LogP contribution in [0.2, 0.25) is 0 Å². The van der Waals surface area contributed by atoms with Crippen LogP contribution in [0.25, 0.3) is 34.3 Å². The molecule has 0 saturated carbocycles. The van der Waals surface area contributed by atoms with Crippen LogP contribution in [-0.2, 0) is 55.9 Å². The van der Waals surface area contributed by atoms with Crippen molar-refractivity contribution in [2.75, 3.05) is 43.4 Å². The first-order valence-corrected chi connectivity index (χ1v) is 26.0. The first kappa shape index (κ1) is 53.5. The van der Waals surface area contributed by atoms with E-state index in [9.17, 15) is 51.3 Å². The number of rotatable bonds is 22. The number of amides is 2. The average Bonchev–Trinajstić information content (AvgIpc) is 3.76. The van der Waals surface area contributed by atoms with Gasteiger partial charge in [0.2, 0.25) is 23.3 Å². The first-order valence-electron chi connectivity index (χ1n) is 21.5. The van der Waals surface area contributed by atoms with Crippen LogP contribution in [0, 0.1) is 0 Å². The van der Waals surface area contributed by atoms with Crippen LogP contribution in [-0.4, -0.2) is 110 Å². The lowest BCUT2D eigenvalue weighted by Gasteiger charge is -2.20. The summed E-state index contributed by atoms with van der Waals surface area (Å²) in [7, 11) is -14.0. The SMILES string of the molecule is CCN(CC)c1ccc2cc(/C=C/c3ccc(S(=O)(=O)O)c[n+]3CCCCCC(=O)NCCNC(=O)O[C@@H]3[C@H](O)[C@@H](COP(=O)(O)OP(=O)(O)O)O[C@H]3[n+]3cn(C)c4c(=O)[nH]c(N)nc43)c(=O)oc2c1. The third-order valence-corrected chi connectivity index (χ3v) is 13.9. The molecule has 1 aromatic carbocycles. The number of phosphoric acid groups is 2. The van der Waals surface area contributed by atoms with Crippen LogP contribution >= 0.6 is 15.6 Å². The molecule has 1 aliphatic rings. The number of imidazole rings is 1. The van der Waals surface area contributed by atoms with Gasteiger partial charge in [-0.3, -0.25) is 28.2 Å². The van der Waals surface area contributed by atoms with Gasteiger partial charge in [0.05, 0.1) is 19.2 Å². The lowest BCUT2D eigenvalue weighted by Crippen LogP contribution is -2.49. The summed E-state index contributed by atoms with van der Waals surface area (Å²) in [6, 6.07) is 10.0. The number of nitrogen functional groups attached to an aromatic ring is 1. The second-order valence-electron chi connectivity index (χ2n) is 15.8. The van der Waals surface area contributed by atoms with Crippen molar-refractivity contribution in [3.05, 3.63) is 81.0 Å². The Hall–Kier alpha value is -5.90. The van der Waals surface area contributed by atoms with Gasteiger partial charge in [0.25, 0.3) is 21.6 Å². The summed E-state index contributed by atoms with van der Waals surface area (Å²) in [5.74, 6) is -0.662. The van der Waals surface area contributed by atoms with Crippen molar-refractivity contribution >= 4 is 83.7 Å². The molecular formula is C40H53N9O18P2S+2. The maximum absolute atomic E-state index is 13.0. The summed E-state index contributed by atoms with van der Waals surface area (Å²) in [5, 5.41) is 16.9. The highest BCUT2D eigenvalue weighted by Crippen LogP contribution is 2.57. The number of aromatic amines is 1. The van der Waals surface area contributed by atoms with Gasteiger partial charge in [-0.25, -0.2) is 23.3 Å². The molecule has 10 N–H and O–H groups in total. The normalized spacial score (nSPS) is 18.3. The molecule has 4 aromatic heterocycles. The number of nitrogens with two attached hydrogens (primary N) is 1. The first-order chi connectivity index (χ1) is 33.0.